The molecule has 2 unspecified atom stereocenters. The zero-order chi connectivity index (χ0) is 22.9. The smallest absolute Gasteiger partial charge is 0.407 e. The van der Waals surface area contributed by atoms with E-state index >= 15 is 0 Å². The van der Waals surface area contributed by atoms with Crippen molar-refractivity contribution in [2.75, 3.05) is 13.2 Å². The van der Waals surface area contributed by atoms with Gasteiger partial charge in [-0.3, -0.25) is 0 Å². The lowest BCUT2D eigenvalue weighted by Crippen LogP contribution is -2.36. The zero-order valence-corrected chi connectivity index (χ0v) is 19.0. The lowest BCUT2D eigenvalue weighted by molar-refractivity contribution is 0.0186. The highest BCUT2D eigenvalue weighted by atomic mass is 35.5. The Balaban J connectivity index is 1.18. The van der Waals surface area contributed by atoms with Crippen LogP contribution in [-0.4, -0.2) is 40.5 Å². The van der Waals surface area contributed by atoms with Gasteiger partial charge in [0.25, 0.3) is 0 Å². The largest absolute Gasteiger partial charge is 0.449 e. The molecule has 0 radical (unpaired) electrons. The van der Waals surface area contributed by atoms with Crippen molar-refractivity contribution in [2.24, 2.45) is 0 Å². The molecule has 8 heteroatoms. The summed E-state index contributed by atoms with van der Waals surface area (Å²) in [5.41, 5.74) is 5.80. The Bertz CT molecular complexity index is 1280. The van der Waals surface area contributed by atoms with Gasteiger partial charge in [0, 0.05) is 12.5 Å². The minimum atomic E-state index is -1.20. The van der Waals surface area contributed by atoms with Crippen molar-refractivity contribution in [3.63, 3.8) is 0 Å². The minimum Gasteiger partial charge on any atom is -0.449 e. The lowest BCUT2D eigenvalue weighted by Gasteiger charge is -2.19. The monoisotopic (exact) mass is 480 g/mol. The molecule has 1 aromatic heterocycles. The summed E-state index contributed by atoms with van der Waals surface area (Å²) < 4.78 is 6.70. The number of amides is 1. The van der Waals surface area contributed by atoms with E-state index in [0.717, 1.165) is 32.5 Å². The molecule has 0 bridgehead atoms. The number of nitrogens with zero attached hydrogens (tertiary/aromatic N) is 1. The maximum atomic E-state index is 12.3. The van der Waals surface area contributed by atoms with Crippen molar-refractivity contribution in [1.82, 2.24) is 10.3 Å². The molecule has 1 amide bonds. The molecule has 3 N–H and O–H groups in total. The maximum Gasteiger partial charge on any atom is 0.407 e. The molecule has 1 heterocycles. The van der Waals surface area contributed by atoms with Gasteiger partial charge < -0.3 is 20.3 Å². The van der Waals surface area contributed by atoms with Crippen LogP contribution >= 0.6 is 22.9 Å². The number of nitrogens with one attached hydrogen (secondary N) is 1. The summed E-state index contributed by atoms with van der Waals surface area (Å²) in [4.78, 5) is 16.5. The number of hydrogen-bond donors (Lipinski definition) is 3. The third-order valence-corrected chi connectivity index (χ3v) is 7.01. The van der Waals surface area contributed by atoms with Crippen LogP contribution in [0.2, 0.25) is 4.47 Å². The number of carbonyl (C=O) groups excluding carboxylic acids is 1. The highest BCUT2D eigenvalue weighted by Gasteiger charge is 2.29. The number of ether oxygens (including phenoxy) is 1. The van der Waals surface area contributed by atoms with Crippen LogP contribution in [0, 0.1) is 0 Å². The van der Waals surface area contributed by atoms with E-state index in [2.05, 4.69) is 34.6 Å². The van der Waals surface area contributed by atoms with Crippen molar-refractivity contribution in [2.45, 2.75) is 18.1 Å². The molecule has 2 atom stereocenters. The standard InChI is InChI=1S/C25H21ClN2O4S/c26-24-28-20-10-9-14(11-22(20)33-24)23(30)21(29)12-27-25(31)32-13-19-17-7-3-1-5-15(17)16-6-2-4-8-18(16)19/h1-11,19,21,23,29-30H,12-13H2,(H,27,31). The Kier molecular flexibility index (Phi) is 6.03. The quantitative estimate of drug-likeness (QED) is 0.365. The van der Waals surface area contributed by atoms with Gasteiger partial charge in [-0.2, -0.15) is 0 Å². The molecule has 0 saturated carbocycles. The first-order chi connectivity index (χ1) is 16.0. The number of rotatable bonds is 6. The van der Waals surface area contributed by atoms with Crippen LogP contribution in [0.3, 0.4) is 0 Å². The number of thiazole rings is 1. The summed E-state index contributed by atoms with van der Waals surface area (Å²) in [5, 5.41) is 23.4. The van der Waals surface area contributed by atoms with Gasteiger partial charge in [0.15, 0.2) is 4.47 Å². The number of hydrogen-bond acceptors (Lipinski definition) is 6. The van der Waals surface area contributed by atoms with Gasteiger partial charge in [0.2, 0.25) is 0 Å². The number of aliphatic hydroxyl groups is 2. The number of aliphatic hydroxyl groups excluding tert-OH is 2. The van der Waals surface area contributed by atoms with Gasteiger partial charge >= 0.3 is 6.09 Å². The van der Waals surface area contributed by atoms with Crippen molar-refractivity contribution >= 4 is 39.2 Å². The molecule has 0 aliphatic heterocycles. The van der Waals surface area contributed by atoms with Gasteiger partial charge in [-0.1, -0.05) is 66.2 Å². The predicted molar refractivity (Wildman–Crippen MR) is 129 cm³/mol. The molecule has 0 saturated heterocycles. The number of fused-ring (bicyclic) bond motifs is 4. The average Bonchev–Trinajstić information content (AvgIpc) is 3.37. The fraction of sp³-hybridized carbons (Fsp3) is 0.200. The average molecular weight is 481 g/mol. The van der Waals surface area contributed by atoms with Crippen molar-refractivity contribution in [1.29, 1.82) is 0 Å². The second kappa shape index (κ2) is 9.11. The SMILES string of the molecule is O=C(NCC(O)C(O)c1ccc2nc(Cl)sc2c1)OCC1c2ccccc2-c2ccccc21. The third kappa shape index (κ3) is 4.32. The number of halogens is 1. The van der Waals surface area contributed by atoms with Gasteiger partial charge in [-0.25, -0.2) is 9.78 Å². The van der Waals surface area contributed by atoms with Crippen LogP contribution in [0.1, 0.15) is 28.7 Å². The van der Waals surface area contributed by atoms with Crippen LogP contribution in [0.5, 0.6) is 0 Å². The highest BCUT2D eigenvalue weighted by molar-refractivity contribution is 7.22. The van der Waals surface area contributed by atoms with Gasteiger partial charge in [-0.15, -0.1) is 11.3 Å². The molecule has 4 aromatic rings. The highest BCUT2D eigenvalue weighted by Crippen LogP contribution is 2.44. The summed E-state index contributed by atoms with van der Waals surface area (Å²) >= 11 is 7.22. The fourth-order valence-electron chi connectivity index (χ4n) is 4.27. The van der Waals surface area contributed by atoms with E-state index < -0.39 is 18.3 Å². The fourth-order valence-corrected chi connectivity index (χ4v) is 5.35. The van der Waals surface area contributed by atoms with Gasteiger partial charge in [-0.05, 0) is 39.9 Å². The van der Waals surface area contributed by atoms with E-state index in [0.29, 0.717) is 10.0 Å². The molecule has 168 valence electrons. The molecule has 1 aliphatic rings. The van der Waals surface area contributed by atoms with Gasteiger partial charge in [0.05, 0.1) is 10.2 Å². The van der Waals surface area contributed by atoms with E-state index in [4.69, 9.17) is 16.3 Å². The van der Waals surface area contributed by atoms with Crippen LogP contribution in [0.4, 0.5) is 4.79 Å². The summed E-state index contributed by atoms with van der Waals surface area (Å²) in [6.45, 7) is 0.0284. The number of alkyl carbamates (subject to hydrolysis) is 1. The molecule has 3 aromatic carbocycles. The Hall–Kier alpha value is -2.97. The Labute approximate surface area is 199 Å². The van der Waals surface area contributed by atoms with E-state index in [-0.39, 0.29) is 19.1 Å². The van der Waals surface area contributed by atoms with Crippen molar-refractivity contribution < 1.29 is 19.7 Å². The third-order valence-electron chi connectivity index (χ3n) is 5.89. The van der Waals surface area contributed by atoms with Crippen molar-refractivity contribution in [3.05, 3.63) is 87.9 Å². The van der Waals surface area contributed by atoms with Crippen LogP contribution < -0.4 is 5.32 Å². The van der Waals surface area contributed by atoms with Crippen molar-refractivity contribution in [3.8, 4) is 11.1 Å². The van der Waals surface area contributed by atoms with E-state index in [1.54, 1.807) is 18.2 Å². The van der Waals surface area contributed by atoms with E-state index in [1.807, 2.05) is 24.3 Å². The predicted octanol–water partition coefficient (Wildman–Crippen LogP) is 4.88. The van der Waals surface area contributed by atoms with E-state index in [9.17, 15) is 15.0 Å². The Morgan fingerprint density at radius 2 is 1.73 bits per heavy atom. The molecule has 0 spiro atoms. The summed E-state index contributed by atoms with van der Waals surface area (Å²) in [7, 11) is 0. The molecular weight excluding hydrogens is 460 g/mol. The molecule has 33 heavy (non-hydrogen) atoms. The van der Waals surface area contributed by atoms with E-state index in [1.165, 1.54) is 11.3 Å². The first-order valence-corrected chi connectivity index (χ1v) is 11.7. The summed E-state index contributed by atoms with van der Waals surface area (Å²) in [5.74, 6) is -0.0448. The van der Waals surface area contributed by atoms with Crippen LogP contribution in [0.15, 0.2) is 66.7 Å². The topological polar surface area (TPSA) is 91.7 Å². The second-order valence-corrected chi connectivity index (χ2v) is 9.53. The Morgan fingerprint density at radius 3 is 2.42 bits per heavy atom. The number of carbonyl (C=O) groups is 1. The number of aromatic nitrogens is 1. The van der Waals surface area contributed by atoms with Crippen LogP contribution in [0.25, 0.3) is 21.3 Å². The Morgan fingerprint density at radius 1 is 1.06 bits per heavy atom. The summed E-state index contributed by atoms with van der Waals surface area (Å²) in [6.07, 6.45) is -3.02. The molecule has 6 nitrogen and oxygen atoms in total. The molecular formula is C25H21ClN2O4S. The van der Waals surface area contributed by atoms with Gasteiger partial charge in [0.1, 0.15) is 18.8 Å². The second-order valence-electron chi connectivity index (χ2n) is 7.91. The minimum absolute atomic E-state index is 0.0448. The van der Waals surface area contributed by atoms with Crippen LogP contribution in [-0.2, 0) is 4.74 Å². The molecule has 0 fully saturated rings. The summed E-state index contributed by atoms with van der Waals surface area (Å²) in [6, 6.07) is 21.4. The normalized spacial score (nSPS) is 14.5. The maximum absolute atomic E-state index is 12.3. The first kappa shape index (κ1) is 21.9. The first-order valence-electron chi connectivity index (χ1n) is 10.5. The number of benzene rings is 3. The lowest BCUT2D eigenvalue weighted by atomic mass is 9.98. The molecule has 1 aliphatic carbocycles. The molecule has 5 rings (SSSR count). The zero-order valence-electron chi connectivity index (χ0n) is 17.4.